The van der Waals surface area contributed by atoms with Crippen LogP contribution in [0.1, 0.15) is 18.7 Å². The SMILES string of the molecule is COc1cc(-c2noc(CCC(=O)NCCCNc3n[nH]c(=O)c4ccccc34)n2)cc(OC)c1OC. The molecule has 3 N–H and O–H groups in total. The lowest BCUT2D eigenvalue weighted by Gasteiger charge is -2.12. The Bertz CT molecular complexity index is 1410. The van der Waals surface area contributed by atoms with Gasteiger partial charge in [-0.2, -0.15) is 10.1 Å². The maximum atomic E-state index is 12.3. The van der Waals surface area contributed by atoms with Crippen molar-refractivity contribution in [3.63, 3.8) is 0 Å². The minimum absolute atomic E-state index is 0.125. The van der Waals surface area contributed by atoms with Gasteiger partial charge in [0.05, 0.1) is 26.7 Å². The lowest BCUT2D eigenvalue weighted by atomic mass is 10.1. The van der Waals surface area contributed by atoms with Gasteiger partial charge in [-0.15, -0.1) is 0 Å². The van der Waals surface area contributed by atoms with Crippen molar-refractivity contribution in [1.29, 1.82) is 0 Å². The van der Waals surface area contributed by atoms with Crippen LogP contribution in [0.4, 0.5) is 5.82 Å². The molecule has 0 saturated carbocycles. The van der Waals surface area contributed by atoms with Crippen molar-refractivity contribution < 1.29 is 23.5 Å². The molecule has 2 heterocycles. The normalized spacial score (nSPS) is 10.8. The number of methoxy groups -OCH3 is 3. The van der Waals surface area contributed by atoms with Gasteiger partial charge in [0.1, 0.15) is 0 Å². The Hall–Kier alpha value is -4.61. The number of hydrogen-bond donors (Lipinski definition) is 3. The predicted octanol–water partition coefficient (Wildman–Crippen LogP) is 2.55. The quantitative estimate of drug-likeness (QED) is 0.243. The Balaban J connectivity index is 1.24. The maximum Gasteiger partial charge on any atom is 0.272 e. The van der Waals surface area contributed by atoms with Gasteiger partial charge in [0.2, 0.25) is 23.4 Å². The molecule has 194 valence electrons. The van der Waals surface area contributed by atoms with Crippen LogP contribution in [0.3, 0.4) is 0 Å². The third kappa shape index (κ3) is 5.97. The number of aromatic nitrogens is 4. The lowest BCUT2D eigenvalue weighted by molar-refractivity contribution is -0.121. The molecule has 0 atom stereocenters. The Labute approximate surface area is 212 Å². The van der Waals surface area contributed by atoms with Crippen LogP contribution in [0, 0.1) is 0 Å². The minimum Gasteiger partial charge on any atom is -0.493 e. The highest BCUT2D eigenvalue weighted by Crippen LogP contribution is 2.40. The fraction of sp³-hybridized carbons (Fsp3) is 0.320. The topological polar surface area (TPSA) is 153 Å². The molecule has 2 aromatic heterocycles. The summed E-state index contributed by atoms with van der Waals surface area (Å²) in [5.74, 6) is 2.58. The summed E-state index contributed by atoms with van der Waals surface area (Å²) in [7, 11) is 4.58. The number of anilines is 1. The molecule has 0 aliphatic heterocycles. The molecule has 0 aliphatic carbocycles. The first-order chi connectivity index (χ1) is 18.0. The number of rotatable bonds is 12. The van der Waals surface area contributed by atoms with Gasteiger partial charge < -0.3 is 29.4 Å². The van der Waals surface area contributed by atoms with Gasteiger partial charge in [-0.25, -0.2) is 5.10 Å². The summed E-state index contributed by atoms with van der Waals surface area (Å²) in [6.45, 7) is 1.05. The van der Waals surface area contributed by atoms with Gasteiger partial charge in [-0.05, 0) is 24.6 Å². The number of carbonyl (C=O) groups excluding carboxylic acids is 1. The molecule has 0 unspecified atom stereocenters. The van der Waals surface area contributed by atoms with E-state index in [2.05, 4.69) is 31.0 Å². The molecule has 0 radical (unpaired) electrons. The smallest absolute Gasteiger partial charge is 0.272 e. The first-order valence-corrected chi connectivity index (χ1v) is 11.6. The van der Waals surface area contributed by atoms with Crippen molar-refractivity contribution >= 4 is 22.5 Å². The van der Waals surface area contributed by atoms with E-state index in [1.54, 1.807) is 24.3 Å². The van der Waals surface area contributed by atoms with Crippen molar-refractivity contribution in [2.75, 3.05) is 39.7 Å². The average molecular weight is 509 g/mol. The Morgan fingerprint density at radius 1 is 1.03 bits per heavy atom. The van der Waals surface area contributed by atoms with E-state index in [4.69, 9.17) is 18.7 Å². The highest BCUT2D eigenvalue weighted by Gasteiger charge is 2.17. The van der Waals surface area contributed by atoms with Gasteiger partial charge in [0.25, 0.3) is 5.56 Å². The maximum absolute atomic E-state index is 12.3. The molecule has 0 saturated heterocycles. The fourth-order valence-corrected chi connectivity index (χ4v) is 3.77. The zero-order chi connectivity index (χ0) is 26.2. The van der Waals surface area contributed by atoms with Crippen molar-refractivity contribution in [2.24, 2.45) is 0 Å². The van der Waals surface area contributed by atoms with Crippen LogP contribution in [0.25, 0.3) is 22.2 Å². The average Bonchev–Trinajstić information content (AvgIpc) is 3.41. The summed E-state index contributed by atoms with van der Waals surface area (Å²) in [5.41, 5.74) is 0.399. The van der Waals surface area contributed by atoms with Gasteiger partial charge in [-0.1, -0.05) is 23.4 Å². The molecule has 37 heavy (non-hydrogen) atoms. The Morgan fingerprint density at radius 3 is 2.46 bits per heavy atom. The number of H-pyrrole nitrogens is 1. The summed E-state index contributed by atoms with van der Waals surface area (Å²) in [6, 6.07) is 10.7. The predicted molar refractivity (Wildman–Crippen MR) is 136 cm³/mol. The van der Waals surface area contributed by atoms with Crippen LogP contribution in [-0.4, -0.2) is 60.7 Å². The van der Waals surface area contributed by atoms with Crippen molar-refractivity contribution in [3.8, 4) is 28.6 Å². The number of aromatic amines is 1. The summed E-state index contributed by atoms with van der Waals surface area (Å²) in [6.07, 6.45) is 1.18. The second-order valence-electron chi connectivity index (χ2n) is 8.00. The number of nitrogens with zero attached hydrogens (tertiary/aromatic N) is 3. The number of aryl methyl sites for hydroxylation is 1. The van der Waals surface area contributed by atoms with Crippen LogP contribution < -0.4 is 30.4 Å². The summed E-state index contributed by atoms with van der Waals surface area (Å²) < 4.78 is 21.4. The van der Waals surface area contributed by atoms with Gasteiger partial charge in [0.15, 0.2) is 17.3 Å². The highest BCUT2D eigenvalue weighted by atomic mass is 16.5. The zero-order valence-electron chi connectivity index (χ0n) is 20.8. The standard InChI is InChI=1S/C25H28N6O6/c1-34-18-13-15(14-19(35-2)22(18)36-3)23-28-21(37-31-23)10-9-20(32)26-11-6-12-27-24-16-7-4-5-8-17(16)25(33)30-29-24/h4-5,7-8,13-14H,6,9-12H2,1-3H3,(H,26,32)(H,27,29)(H,30,33). The second kappa shape index (κ2) is 11.9. The van der Waals surface area contributed by atoms with E-state index in [1.807, 2.05) is 12.1 Å². The molecule has 12 heteroatoms. The van der Waals surface area contributed by atoms with E-state index < -0.39 is 0 Å². The lowest BCUT2D eigenvalue weighted by Crippen LogP contribution is -2.26. The summed E-state index contributed by atoms with van der Waals surface area (Å²) >= 11 is 0. The van der Waals surface area contributed by atoms with Crippen molar-refractivity contribution in [1.82, 2.24) is 25.7 Å². The van der Waals surface area contributed by atoms with E-state index in [-0.39, 0.29) is 17.9 Å². The largest absolute Gasteiger partial charge is 0.493 e. The van der Waals surface area contributed by atoms with Gasteiger partial charge >= 0.3 is 0 Å². The highest BCUT2D eigenvalue weighted by molar-refractivity contribution is 5.90. The van der Waals surface area contributed by atoms with E-state index in [0.717, 1.165) is 5.39 Å². The third-order valence-corrected chi connectivity index (χ3v) is 5.62. The Kier molecular flexibility index (Phi) is 8.18. The van der Waals surface area contributed by atoms with E-state index in [0.29, 0.717) is 71.7 Å². The number of fused-ring (bicyclic) bond motifs is 1. The third-order valence-electron chi connectivity index (χ3n) is 5.62. The number of carbonyl (C=O) groups is 1. The molecular weight excluding hydrogens is 480 g/mol. The van der Waals surface area contributed by atoms with Crippen LogP contribution in [-0.2, 0) is 11.2 Å². The molecule has 0 aliphatic rings. The van der Waals surface area contributed by atoms with Gasteiger partial charge in [0, 0.05) is 36.9 Å². The molecule has 2 aromatic carbocycles. The van der Waals surface area contributed by atoms with Crippen molar-refractivity contribution in [2.45, 2.75) is 19.3 Å². The van der Waals surface area contributed by atoms with Crippen molar-refractivity contribution in [3.05, 3.63) is 52.6 Å². The number of hydrogen-bond acceptors (Lipinski definition) is 10. The fourth-order valence-electron chi connectivity index (χ4n) is 3.77. The number of benzene rings is 2. The first-order valence-electron chi connectivity index (χ1n) is 11.6. The second-order valence-corrected chi connectivity index (χ2v) is 8.00. The molecule has 4 aromatic rings. The minimum atomic E-state index is -0.231. The van der Waals surface area contributed by atoms with E-state index in [1.165, 1.54) is 21.3 Å². The van der Waals surface area contributed by atoms with Crippen LogP contribution in [0.5, 0.6) is 17.2 Å². The number of nitrogens with one attached hydrogen (secondary N) is 3. The monoisotopic (exact) mass is 508 g/mol. The molecule has 1 amide bonds. The summed E-state index contributed by atoms with van der Waals surface area (Å²) in [5, 5.41) is 18.0. The van der Waals surface area contributed by atoms with Gasteiger partial charge in [-0.3, -0.25) is 9.59 Å². The van der Waals surface area contributed by atoms with E-state index >= 15 is 0 Å². The van der Waals surface area contributed by atoms with Crippen LogP contribution in [0.2, 0.25) is 0 Å². The number of ether oxygens (including phenoxy) is 3. The molecule has 0 fully saturated rings. The molecule has 12 nitrogen and oxygen atoms in total. The number of amides is 1. The summed E-state index contributed by atoms with van der Waals surface area (Å²) in [4.78, 5) is 28.5. The first kappa shape index (κ1) is 25.5. The molecule has 4 rings (SSSR count). The van der Waals surface area contributed by atoms with E-state index in [9.17, 15) is 9.59 Å². The zero-order valence-corrected chi connectivity index (χ0v) is 20.8. The molecule has 0 bridgehead atoms. The van der Waals surface area contributed by atoms with Crippen LogP contribution >= 0.6 is 0 Å². The molecular formula is C25H28N6O6. The van der Waals surface area contributed by atoms with Crippen LogP contribution in [0.15, 0.2) is 45.7 Å². The molecule has 0 spiro atoms. The Morgan fingerprint density at radius 2 is 1.76 bits per heavy atom.